The second kappa shape index (κ2) is 7.35. The number of rotatable bonds is 3. The summed E-state index contributed by atoms with van der Waals surface area (Å²) < 4.78 is 28.8. The standard InChI is InChI=1S/C16H16N4O2S2.ClH/c21-24(22,13-3-4-14-16(8-13)23-11-19-14)20-7-6-18-10-15(20)12-2-1-5-17-9-12;/h1-5,8-9,11,15,18H,6-7,10H2;1H. The fourth-order valence-corrected chi connectivity index (χ4v) is 5.39. The zero-order chi connectivity index (χ0) is 16.6. The lowest BCUT2D eigenvalue weighted by atomic mass is 10.1. The van der Waals surface area contributed by atoms with E-state index in [2.05, 4.69) is 15.3 Å². The molecule has 1 aliphatic heterocycles. The molecule has 132 valence electrons. The van der Waals surface area contributed by atoms with Crippen molar-refractivity contribution in [3.63, 3.8) is 0 Å². The van der Waals surface area contributed by atoms with E-state index >= 15 is 0 Å². The Morgan fingerprint density at radius 2 is 2.16 bits per heavy atom. The Labute approximate surface area is 156 Å². The Kier molecular flexibility index (Phi) is 5.35. The number of hydrogen-bond donors (Lipinski definition) is 1. The number of nitrogens with one attached hydrogen (secondary N) is 1. The van der Waals surface area contributed by atoms with Crippen LogP contribution >= 0.6 is 23.7 Å². The van der Waals surface area contributed by atoms with Gasteiger partial charge in [-0.1, -0.05) is 6.07 Å². The molecule has 25 heavy (non-hydrogen) atoms. The molecule has 1 saturated heterocycles. The first-order chi connectivity index (χ1) is 11.7. The van der Waals surface area contributed by atoms with Crippen LogP contribution in [0.4, 0.5) is 0 Å². The van der Waals surface area contributed by atoms with Crippen molar-refractivity contribution in [2.45, 2.75) is 10.9 Å². The van der Waals surface area contributed by atoms with Crippen molar-refractivity contribution in [3.05, 3.63) is 53.8 Å². The van der Waals surface area contributed by atoms with Gasteiger partial charge < -0.3 is 5.32 Å². The summed E-state index contributed by atoms with van der Waals surface area (Å²) in [5.74, 6) is 0. The Morgan fingerprint density at radius 3 is 2.96 bits per heavy atom. The lowest BCUT2D eigenvalue weighted by Crippen LogP contribution is -2.48. The minimum absolute atomic E-state index is 0. The van der Waals surface area contributed by atoms with E-state index in [1.807, 2.05) is 12.1 Å². The third kappa shape index (κ3) is 3.40. The molecule has 3 heterocycles. The molecule has 0 aliphatic carbocycles. The highest BCUT2D eigenvalue weighted by molar-refractivity contribution is 7.89. The maximum absolute atomic E-state index is 13.2. The summed E-state index contributed by atoms with van der Waals surface area (Å²) in [6, 6.07) is 8.61. The fraction of sp³-hybridized carbons (Fsp3) is 0.250. The molecule has 1 fully saturated rings. The van der Waals surface area contributed by atoms with Crippen LogP contribution in [0.2, 0.25) is 0 Å². The topological polar surface area (TPSA) is 75.2 Å². The van der Waals surface area contributed by atoms with Crippen molar-refractivity contribution in [2.24, 2.45) is 0 Å². The Morgan fingerprint density at radius 1 is 1.28 bits per heavy atom. The summed E-state index contributed by atoms with van der Waals surface area (Å²) >= 11 is 1.45. The summed E-state index contributed by atoms with van der Waals surface area (Å²) in [6.45, 7) is 1.65. The molecular formula is C16H17ClN4O2S2. The fourth-order valence-electron chi connectivity index (χ4n) is 2.96. The summed E-state index contributed by atoms with van der Waals surface area (Å²) in [4.78, 5) is 8.65. The Hall–Kier alpha value is -1.58. The van der Waals surface area contributed by atoms with Gasteiger partial charge in [-0.25, -0.2) is 13.4 Å². The lowest BCUT2D eigenvalue weighted by molar-refractivity contribution is 0.271. The van der Waals surface area contributed by atoms with Crippen LogP contribution in [-0.2, 0) is 10.0 Å². The van der Waals surface area contributed by atoms with Crippen molar-refractivity contribution in [1.29, 1.82) is 0 Å². The quantitative estimate of drug-likeness (QED) is 0.736. The van der Waals surface area contributed by atoms with Crippen molar-refractivity contribution in [1.82, 2.24) is 19.6 Å². The molecule has 1 aliphatic rings. The molecule has 9 heteroatoms. The number of sulfonamides is 1. The molecule has 1 atom stereocenters. The number of fused-ring (bicyclic) bond motifs is 1. The summed E-state index contributed by atoms with van der Waals surface area (Å²) in [5.41, 5.74) is 3.44. The van der Waals surface area contributed by atoms with E-state index in [9.17, 15) is 8.42 Å². The minimum atomic E-state index is -3.58. The van der Waals surface area contributed by atoms with E-state index in [0.29, 0.717) is 24.5 Å². The van der Waals surface area contributed by atoms with Gasteiger partial charge in [0.1, 0.15) is 0 Å². The van der Waals surface area contributed by atoms with Crippen LogP contribution in [0.25, 0.3) is 10.2 Å². The molecule has 0 saturated carbocycles. The van der Waals surface area contributed by atoms with Gasteiger partial charge in [-0.2, -0.15) is 4.31 Å². The number of aromatic nitrogens is 2. The highest BCUT2D eigenvalue weighted by Gasteiger charge is 2.34. The van der Waals surface area contributed by atoms with E-state index in [0.717, 1.165) is 15.8 Å². The lowest BCUT2D eigenvalue weighted by Gasteiger charge is -2.35. The molecule has 3 aromatic rings. The molecule has 1 aromatic carbocycles. The van der Waals surface area contributed by atoms with Gasteiger partial charge in [-0.05, 0) is 29.8 Å². The third-order valence-electron chi connectivity index (χ3n) is 4.17. The molecule has 1 N–H and O–H groups in total. The van der Waals surface area contributed by atoms with Crippen molar-refractivity contribution in [3.8, 4) is 0 Å². The zero-order valence-corrected chi connectivity index (χ0v) is 15.6. The summed E-state index contributed by atoms with van der Waals surface area (Å²) in [7, 11) is -3.58. The Balaban J connectivity index is 0.00000182. The van der Waals surface area contributed by atoms with E-state index < -0.39 is 10.0 Å². The van der Waals surface area contributed by atoms with Crippen LogP contribution in [0.1, 0.15) is 11.6 Å². The van der Waals surface area contributed by atoms with Gasteiger partial charge >= 0.3 is 0 Å². The molecule has 0 bridgehead atoms. The molecule has 1 unspecified atom stereocenters. The van der Waals surface area contributed by atoms with Gasteiger partial charge in [0.05, 0.1) is 26.7 Å². The van der Waals surface area contributed by atoms with Gasteiger partial charge in [0.15, 0.2) is 0 Å². The second-order valence-corrected chi connectivity index (χ2v) is 8.38. The first kappa shape index (κ1) is 18.2. The van der Waals surface area contributed by atoms with Crippen LogP contribution in [-0.4, -0.2) is 42.3 Å². The predicted octanol–water partition coefficient (Wildman–Crippen LogP) is 2.45. The zero-order valence-electron chi connectivity index (χ0n) is 13.2. The van der Waals surface area contributed by atoms with Gasteiger partial charge in [0.25, 0.3) is 0 Å². The van der Waals surface area contributed by atoms with Gasteiger partial charge in [-0.15, -0.1) is 23.7 Å². The number of benzene rings is 1. The first-order valence-corrected chi connectivity index (χ1v) is 9.94. The molecule has 0 spiro atoms. The van der Waals surface area contributed by atoms with E-state index in [1.165, 1.54) is 11.3 Å². The Bertz CT molecular complexity index is 962. The van der Waals surface area contributed by atoms with Gasteiger partial charge in [0.2, 0.25) is 10.0 Å². The second-order valence-electron chi connectivity index (χ2n) is 5.60. The van der Waals surface area contributed by atoms with Crippen molar-refractivity contribution in [2.75, 3.05) is 19.6 Å². The summed E-state index contributed by atoms with van der Waals surface area (Å²) in [6.07, 6.45) is 3.42. The molecule has 0 amide bonds. The monoisotopic (exact) mass is 396 g/mol. The van der Waals surface area contributed by atoms with Crippen LogP contribution < -0.4 is 5.32 Å². The number of nitrogens with zero attached hydrogens (tertiary/aromatic N) is 3. The van der Waals surface area contributed by atoms with Crippen molar-refractivity contribution < 1.29 is 8.42 Å². The van der Waals surface area contributed by atoms with Gasteiger partial charge in [0, 0.05) is 32.0 Å². The van der Waals surface area contributed by atoms with Crippen LogP contribution in [0.5, 0.6) is 0 Å². The average Bonchev–Trinajstić information content (AvgIpc) is 3.10. The molecule has 2 aromatic heterocycles. The number of thiazole rings is 1. The van der Waals surface area contributed by atoms with Gasteiger partial charge in [-0.3, -0.25) is 4.98 Å². The molecule has 6 nitrogen and oxygen atoms in total. The van der Waals surface area contributed by atoms with Crippen LogP contribution in [0, 0.1) is 0 Å². The molecular weight excluding hydrogens is 380 g/mol. The predicted molar refractivity (Wildman–Crippen MR) is 101 cm³/mol. The van der Waals surface area contributed by atoms with E-state index in [1.54, 1.807) is 40.4 Å². The number of halogens is 1. The number of piperazine rings is 1. The summed E-state index contributed by atoms with van der Waals surface area (Å²) in [5, 5.41) is 3.27. The highest BCUT2D eigenvalue weighted by atomic mass is 35.5. The third-order valence-corrected chi connectivity index (χ3v) is 6.87. The number of pyridine rings is 1. The van der Waals surface area contributed by atoms with E-state index in [4.69, 9.17) is 0 Å². The maximum Gasteiger partial charge on any atom is 0.243 e. The van der Waals surface area contributed by atoms with Crippen LogP contribution in [0.3, 0.4) is 0 Å². The largest absolute Gasteiger partial charge is 0.313 e. The van der Waals surface area contributed by atoms with Crippen molar-refractivity contribution >= 4 is 44.0 Å². The highest BCUT2D eigenvalue weighted by Crippen LogP contribution is 2.30. The smallest absolute Gasteiger partial charge is 0.243 e. The van der Waals surface area contributed by atoms with Crippen LogP contribution in [0.15, 0.2) is 53.1 Å². The average molecular weight is 397 g/mol. The molecule has 0 radical (unpaired) electrons. The molecule has 4 rings (SSSR count). The maximum atomic E-state index is 13.2. The SMILES string of the molecule is Cl.O=S(=O)(c1ccc2ncsc2c1)N1CCNCC1c1cccnc1. The number of hydrogen-bond acceptors (Lipinski definition) is 6. The normalized spacial score (nSPS) is 18.8. The van der Waals surface area contributed by atoms with E-state index in [-0.39, 0.29) is 18.4 Å². The first-order valence-electron chi connectivity index (χ1n) is 7.62. The minimum Gasteiger partial charge on any atom is -0.313 e.